The lowest BCUT2D eigenvalue weighted by Crippen LogP contribution is -2.38. The molecule has 0 radical (unpaired) electrons. The van der Waals surface area contributed by atoms with Gasteiger partial charge >= 0.3 is 0 Å². The van der Waals surface area contributed by atoms with Crippen molar-refractivity contribution >= 4 is 45.9 Å². The topological polar surface area (TPSA) is 107 Å². The minimum absolute atomic E-state index is 0.0749. The van der Waals surface area contributed by atoms with Crippen molar-refractivity contribution in [1.29, 1.82) is 0 Å². The van der Waals surface area contributed by atoms with Crippen LogP contribution >= 0.6 is 22.7 Å². The Bertz CT molecular complexity index is 1400. The molecule has 5 rings (SSSR count). The summed E-state index contributed by atoms with van der Waals surface area (Å²) in [5, 5.41) is 5.25. The Morgan fingerprint density at radius 2 is 2.00 bits per heavy atom. The largest absolute Gasteiger partial charge is 0.497 e. The number of methoxy groups -OCH3 is 1. The molecular formula is C26H24N4O4S2. The molecule has 0 bridgehead atoms. The van der Waals surface area contributed by atoms with Gasteiger partial charge in [-0.25, -0.2) is 4.98 Å². The van der Waals surface area contributed by atoms with Crippen LogP contribution in [0.15, 0.2) is 60.0 Å². The predicted molar refractivity (Wildman–Crippen MR) is 142 cm³/mol. The SMILES string of the molecule is COc1cccc(OCC(=O)N2CCc3nc(C(=O)Nc4cc(-c5cccs5)ccc4N)sc3C2)c1. The lowest BCUT2D eigenvalue weighted by atomic mass is 10.1. The van der Waals surface area contributed by atoms with Gasteiger partial charge in [-0.2, -0.15) is 0 Å². The maximum absolute atomic E-state index is 13.0. The number of nitrogen functional groups attached to an aromatic ring is 1. The highest BCUT2D eigenvalue weighted by Gasteiger charge is 2.26. The molecule has 1 aliphatic rings. The van der Waals surface area contributed by atoms with Gasteiger partial charge in [-0.15, -0.1) is 22.7 Å². The highest BCUT2D eigenvalue weighted by atomic mass is 32.1. The minimum Gasteiger partial charge on any atom is -0.497 e. The van der Waals surface area contributed by atoms with Crippen LogP contribution < -0.4 is 20.5 Å². The third-order valence-electron chi connectivity index (χ3n) is 5.79. The molecule has 2 amide bonds. The van der Waals surface area contributed by atoms with Crippen LogP contribution in [0.4, 0.5) is 11.4 Å². The normalized spacial score (nSPS) is 12.6. The zero-order chi connectivity index (χ0) is 25.1. The van der Waals surface area contributed by atoms with E-state index in [2.05, 4.69) is 10.3 Å². The maximum Gasteiger partial charge on any atom is 0.284 e. The second kappa shape index (κ2) is 10.4. The molecule has 2 aromatic carbocycles. The Morgan fingerprint density at radius 3 is 2.81 bits per heavy atom. The quantitative estimate of drug-likeness (QED) is 0.343. The van der Waals surface area contributed by atoms with Crippen molar-refractivity contribution in [3.63, 3.8) is 0 Å². The lowest BCUT2D eigenvalue weighted by molar-refractivity contribution is -0.134. The van der Waals surface area contributed by atoms with E-state index in [1.165, 1.54) is 11.3 Å². The van der Waals surface area contributed by atoms with Gasteiger partial charge in [0.1, 0.15) is 11.5 Å². The van der Waals surface area contributed by atoms with Gasteiger partial charge in [0.25, 0.3) is 11.8 Å². The Morgan fingerprint density at radius 1 is 1.14 bits per heavy atom. The van der Waals surface area contributed by atoms with Crippen molar-refractivity contribution in [2.45, 2.75) is 13.0 Å². The van der Waals surface area contributed by atoms with E-state index in [0.717, 1.165) is 21.0 Å². The van der Waals surface area contributed by atoms with Crippen LogP contribution in [0.5, 0.6) is 11.5 Å². The van der Waals surface area contributed by atoms with E-state index in [1.807, 2.05) is 41.8 Å². The number of thiazole rings is 1. The fourth-order valence-electron chi connectivity index (χ4n) is 3.87. The third kappa shape index (κ3) is 5.19. The number of carbonyl (C=O) groups is 2. The molecule has 184 valence electrons. The van der Waals surface area contributed by atoms with Gasteiger partial charge in [-0.05, 0) is 41.3 Å². The number of carbonyl (C=O) groups excluding carboxylic acids is 2. The maximum atomic E-state index is 13.0. The summed E-state index contributed by atoms with van der Waals surface area (Å²) >= 11 is 2.92. The van der Waals surface area contributed by atoms with E-state index in [0.29, 0.717) is 47.4 Å². The van der Waals surface area contributed by atoms with Crippen molar-refractivity contribution in [2.75, 3.05) is 31.3 Å². The van der Waals surface area contributed by atoms with E-state index in [-0.39, 0.29) is 18.4 Å². The third-order valence-corrected chi connectivity index (χ3v) is 7.79. The molecule has 0 unspecified atom stereocenters. The van der Waals surface area contributed by atoms with Gasteiger partial charge in [-0.1, -0.05) is 18.2 Å². The Labute approximate surface area is 216 Å². The molecule has 1 aliphatic heterocycles. The predicted octanol–water partition coefficient (Wildman–Crippen LogP) is 4.68. The number of nitrogens with two attached hydrogens (primary N) is 1. The Kier molecular flexibility index (Phi) is 6.88. The molecule has 0 spiro atoms. The number of rotatable bonds is 7. The van der Waals surface area contributed by atoms with Crippen LogP contribution in [0, 0.1) is 0 Å². The van der Waals surface area contributed by atoms with E-state index in [4.69, 9.17) is 15.2 Å². The van der Waals surface area contributed by atoms with E-state index in [1.54, 1.807) is 41.5 Å². The number of ether oxygens (including phenoxy) is 2. The number of fused-ring (bicyclic) bond motifs is 1. The summed E-state index contributed by atoms with van der Waals surface area (Å²) in [6, 6.07) is 16.7. The molecule has 0 aliphatic carbocycles. The van der Waals surface area contributed by atoms with Crippen molar-refractivity contribution in [3.05, 3.63) is 75.6 Å². The number of thiophene rings is 1. The van der Waals surface area contributed by atoms with Gasteiger partial charge in [0.15, 0.2) is 11.6 Å². The Hall–Kier alpha value is -3.89. The van der Waals surface area contributed by atoms with Gasteiger partial charge in [0, 0.05) is 28.8 Å². The molecule has 0 atom stereocenters. The summed E-state index contributed by atoms with van der Waals surface area (Å²) < 4.78 is 10.8. The first-order valence-electron chi connectivity index (χ1n) is 11.3. The number of nitrogens with zero attached hydrogens (tertiary/aromatic N) is 2. The van der Waals surface area contributed by atoms with Gasteiger partial charge in [-0.3, -0.25) is 9.59 Å². The number of amides is 2. The molecule has 3 N–H and O–H groups in total. The average Bonchev–Trinajstić information content (AvgIpc) is 3.59. The molecule has 0 saturated carbocycles. The molecule has 3 heterocycles. The zero-order valence-electron chi connectivity index (χ0n) is 19.5. The standard InChI is InChI=1S/C26H24N4O4S2/c1-33-17-4-2-5-18(13-17)34-15-24(31)30-10-9-20-23(14-30)36-26(29-20)25(32)28-21-12-16(7-8-19(21)27)22-6-3-11-35-22/h2-8,11-13H,9-10,14-15,27H2,1H3,(H,28,32). The number of nitrogens with one attached hydrogen (secondary N) is 1. The fraction of sp³-hybridized carbons (Fsp3) is 0.192. The van der Waals surface area contributed by atoms with E-state index in [9.17, 15) is 9.59 Å². The number of anilines is 2. The van der Waals surface area contributed by atoms with Gasteiger partial charge < -0.3 is 25.4 Å². The molecule has 36 heavy (non-hydrogen) atoms. The first-order chi connectivity index (χ1) is 17.5. The molecule has 0 saturated heterocycles. The average molecular weight is 521 g/mol. The zero-order valence-corrected chi connectivity index (χ0v) is 21.2. The van der Waals surface area contributed by atoms with Crippen LogP contribution in [0.3, 0.4) is 0 Å². The van der Waals surface area contributed by atoms with Crippen molar-refractivity contribution in [1.82, 2.24) is 9.88 Å². The molecule has 8 nitrogen and oxygen atoms in total. The number of hydrogen-bond donors (Lipinski definition) is 2. The van der Waals surface area contributed by atoms with Crippen molar-refractivity contribution in [2.24, 2.45) is 0 Å². The first-order valence-corrected chi connectivity index (χ1v) is 13.0. The molecule has 10 heteroatoms. The van der Waals surface area contributed by atoms with Crippen molar-refractivity contribution < 1.29 is 19.1 Å². The van der Waals surface area contributed by atoms with Crippen LogP contribution in [-0.2, 0) is 17.8 Å². The summed E-state index contributed by atoms with van der Waals surface area (Å²) in [7, 11) is 1.58. The highest BCUT2D eigenvalue weighted by molar-refractivity contribution is 7.14. The summed E-state index contributed by atoms with van der Waals surface area (Å²) in [6.45, 7) is 0.846. The lowest BCUT2D eigenvalue weighted by Gasteiger charge is -2.26. The van der Waals surface area contributed by atoms with Crippen LogP contribution in [0.25, 0.3) is 10.4 Å². The highest BCUT2D eigenvalue weighted by Crippen LogP contribution is 2.31. The number of benzene rings is 2. The van der Waals surface area contributed by atoms with Gasteiger partial charge in [0.05, 0.1) is 30.7 Å². The van der Waals surface area contributed by atoms with Crippen LogP contribution in [0.2, 0.25) is 0 Å². The van der Waals surface area contributed by atoms with Gasteiger partial charge in [0.2, 0.25) is 0 Å². The molecular weight excluding hydrogens is 496 g/mol. The molecule has 4 aromatic rings. The first kappa shape index (κ1) is 23.8. The second-order valence-corrected chi connectivity index (χ2v) is 10.2. The second-order valence-electron chi connectivity index (χ2n) is 8.16. The smallest absolute Gasteiger partial charge is 0.284 e. The van der Waals surface area contributed by atoms with E-state index < -0.39 is 0 Å². The molecule has 2 aromatic heterocycles. The Balaban J connectivity index is 1.23. The van der Waals surface area contributed by atoms with E-state index >= 15 is 0 Å². The summed E-state index contributed by atoms with van der Waals surface area (Å²) in [4.78, 5) is 34.0. The van der Waals surface area contributed by atoms with Crippen LogP contribution in [0.1, 0.15) is 20.4 Å². The molecule has 0 fully saturated rings. The fourth-order valence-corrected chi connectivity index (χ4v) is 5.61. The number of hydrogen-bond acceptors (Lipinski definition) is 8. The summed E-state index contributed by atoms with van der Waals surface area (Å²) in [6.07, 6.45) is 0.583. The van der Waals surface area contributed by atoms with Crippen molar-refractivity contribution in [3.8, 4) is 21.9 Å². The monoisotopic (exact) mass is 520 g/mol. The number of aromatic nitrogens is 1. The van der Waals surface area contributed by atoms with Crippen LogP contribution in [-0.4, -0.2) is 42.0 Å². The summed E-state index contributed by atoms with van der Waals surface area (Å²) in [5.41, 5.74) is 8.98. The minimum atomic E-state index is -0.316. The summed E-state index contributed by atoms with van der Waals surface area (Å²) in [5.74, 6) is 0.794.